The van der Waals surface area contributed by atoms with E-state index in [2.05, 4.69) is 34.4 Å². The number of amides is 2. The van der Waals surface area contributed by atoms with Gasteiger partial charge in [-0.25, -0.2) is 4.98 Å². The van der Waals surface area contributed by atoms with Gasteiger partial charge in [0.05, 0.1) is 18.8 Å². The molecule has 2 aromatic heterocycles. The number of hydrogen-bond donors (Lipinski definition) is 3. The zero-order valence-corrected chi connectivity index (χ0v) is 20.3. The molecule has 2 heterocycles. The SMILES string of the molecule is C[C@H]1[C@@H]2[C@@H](O)[C@H]([C@H](C)C(=O)NCc3cccs3)CC[C@@]2(C)CC[C@@H]1NC(=O)c1cnccn1. The van der Waals surface area contributed by atoms with Crippen LogP contribution in [-0.4, -0.2) is 39.0 Å². The molecule has 2 saturated carbocycles. The molecule has 0 saturated heterocycles. The standard InChI is InChI=1S/C25H34N4O3S/c1-15(23(31)28-13-17-5-4-12-33-17)18-6-8-25(3)9-7-19(16(2)21(25)22(18)30)29-24(32)20-14-26-10-11-27-20/h4-5,10-12,14-16,18-19,21-22,30H,6-9,13H2,1-3H3,(H,28,31)(H,29,32)/t15-,16+,18-,19-,21+,22-,25-/m0/s1. The monoisotopic (exact) mass is 470 g/mol. The Morgan fingerprint density at radius 1 is 1.30 bits per heavy atom. The van der Waals surface area contributed by atoms with E-state index in [9.17, 15) is 14.7 Å². The average Bonchev–Trinajstić information content (AvgIpc) is 3.33. The predicted molar refractivity (Wildman–Crippen MR) is 127 cm³/mol. The van der Waals surface area contributed by atoms with Gasteiger partial charge >= 0.3 is 0 Å². The minimum absolute atomic E-state index is 0.00739. The van der Waals surface area contributed by atoms with E-state index < -0.39 is 6.10 Å². The van der Waals surface area contributed by atoms with Crippen molar-refractivity contribution in [1.82, 2.24) is 20.6 Å². The van der Waals surface area contributed by atoms with Gasteiger partial charge in [-0.1, -0.05) is 26.8 Å². The van der Waals surface area contributed by atoms with E-state index in [0.717, 1.165) is 30.6 Å². The van der Waals surface area contributed by atoms with Gasteiger partial charge in [0, 0.05) is 29.2 Å². The maximum atomic E-state index is 12.9. The maximum absolute atomic E-state index is 12.9. The van der Waals surface area contributed by atoms with Gasteiger partial charge in [0.15, 0.2) is 0 Å². The van der Waals surface area contributed by atoms with Crippen LogP contribution in [0, 0.1) is 29.1 Å². The summed E-state index contributed by atoms with van der Waals surface area (Å²) in [5.41, 5.74) is 0.312. The van der Waals surface area contributed by atoms with Gasteiger partial charge in [-0.15, -0.1) is 11.3 Å². The number of thiophene rings is 1. The quantitative estimate of drug-likeness (QED) is 0.600. The van der Waals surface area contributed by atoms with Crippen molar-refractivity contribution >= 4 is 23.2 Å². The van der Waals surface area contributed by atoms with Crippen LogP contribution in [0.4, 0.5) is 0 Å². The molecule has 7 nitrogen and oxygen atoms in total. The van der Waals surface area contributed by atoms with E-state index >= 15 is 0 Å². The van der Waals surface area contributed by atoms with Crippen LogP contribution in [0.3, 0.4) is 0 Å². The smallest absolute Gasteiger partial charge is 0.271 e. The first-order valence-electron chi connectivity index (χ1n) is 11.8. The molecule has 2 amide bonds. The number of nitrogens with one attached hydrogen (secondary N) is 2. The number of nitrogens with zero attached hydrogens (tertiary/aromatic N) is 2. The van der Waals surface area contributed by atoms with Crippen LogP contribution in [0.1, 0.15) is 61.8 Å². The van der Waals surface area contributed by atoms with Gasteiger partial charge < -0.3 is 15.7 Å². The van der Waals surface area contributed by atoms with E-state index in [1.165, 1.54) is 12.4 Å². The molecule has 0 aromatic carbocycles. The topological polar surface area (TPSA) is 104 Å². The van der Waals surface area contributed by atoms with Gasteiger partial charge in [-0.2, -0.15) is 0 Å². The van der Waals surface area contributed by atoms with Crippen LogP contribution < -0.4 is 10.6 Å². The van der Waals surface area contributed by atoms with Gasteiger partial charge in [-0.05, 0) is 60.3 Å². The normalized spacial score (nSPS) is 32.4. The van der Waals surface area contributed by atoms with Crippen LogP contribution in [0.25, 0.3) is 0 Å². The molecule has 2 aromatic rings. The molecule has 8 heteroatoms. The van der Waals surface area contributed by atoms with Crippen molar-refractivity contribution in [2.24, 2.45) is 29.1 Å². The van der Waals surface area contributed by atoms with Gasteiger partial charge in [0.25, 0.3) is 5.91 Å². The average molecular weight is 471 g/mol. The summed E-state index contributed by atoms with van der Waals surface area (Å²) in [6.07, 6.45) is 7.57. The summed E-state index contributed by atoms with van der Waals surface area (Å²) in [6.45, 7) is 6.84. The maximum Gasteiger partial charge on any atom is 0.271 e. The molecule has 0 aliphatic heterocycles. The van der Waals surface area contributed by atoms with Crippen LogP contribution in [0.15, 0.2) is 36.1 Å². The van der Waals surface area contributed by atoms with Crippen molar-refractivity contribution < 1.29 is 14.7 Å². The molecule has 7 atom stereocenters. The van der Waals surface area contributed by atoms with Crippen LogP contribution >= 0.6 is 11.3 Å². The Morgan fingerprint density at radius 3 is 2.79 bits per heavy atom. The van der Waals surface area contributed by atoms with Crippen molar-refractivity contribution in [3.8, 4) is 0 Å². The van der Waals surface area contributed by atoms with E-state index in [1.54, 1.807) is 17.5 Å². The summed E-state index contributed by atoms with van der Waals surface area (Å²) >= 11 is 1.62. The molecule has 178 valence electrons. The fraction of sp³-hybridized carbons (Fsp3) is 0.600. The Balaban J connectivity index is 1.43. The van der Waals surface area contributed by atoms with E-state index in [1.807, 2.05) is 24.4 Å². The third-order valence-electron chi connectivity index (χ3n) is 8.07. The lowest BCUT2D eigenvalue weighted by Crippen LogP contribution is -2.58. The number of fused-ring (bicyclic) bond motifs is 1. The summed E-state index contributed by atoms with van der Waals surface area (Å²) in [7, 11) is 0. The van der Waals surface area contributed by atoms with Crippen molar-refractivity contribution in [3.63, 3.8) is 0 Å². The molecule has 2 aliphatic carbocycles. The first-order valence-corrected chi connectivity index (χ1v) is 12.7. The van der Waals surface area contributed by atoms with E-state index in [4.69, 9.17) is 0 Å². The number of carbonyl (C=O) groups excluding carboxylic acids is 2. The number of aliphatic hydroxyl groups is 1. The lowest BCUT2D eigenvalue weighted by Gasteiger charge is -2.56. The summed E-state index contributed by atoms with van der Waals surface area (Å²) in [5.74, 6) is -0.499. The fourth-order valence-corrected chi connectivity index (χ4v) is 6.74. The second kappa shape index (κ2) is 9.89. The molecule has 0 bridgehead atoms. The second-order valence-electron chi connectivity index (χ2n) is 10.0. The summed E-state index contributed by atoms with van der Waals surface area (Å²) in [4.78, 5) is 34.8. The number of aromatic nitrogens is 2. The molecule has 2 fully saturated rings. The molecule has 0 spiro atoms. The number of rotatable bonds is 6. The third-order valence-corrected chi connectivity index (χ3v) is 8.95. The molecule has 33 heavy (non-hydrogen) atoms. The van der Waals surface area contributed by atoms with Crippen LogP contribution in [0.2, 0.25) is 0 Å². The zero-order chi connectivity index (χ0) is 23.6. The van der Waals surface area contributed by atoms with Gasteiger partial charge in [0.2, 0.25) is 5.91 Å². The third kappa shape index (κ3) is 4.96. The summed E-state index contributed by atoms with van der Waals surface area (Å²) in [5, 5.41) is 19.7. The van der Waals surface area contributed by atoms with E-state index in [-0.39, 0.29) is 46.9 Å². The summed E-state index contributed by atoms with van der Waals surface area (Å²) < 4.78 is 0. The fourth-order valence-electron chi connectivity index (χ4n) is 6.10. The van der Waals surface area contributed by atoms with Crippen molar-refractivity contribution in [2.45, 2.75) is 65.1 Å². The highest BCUT2D eigenvalue weighted by Gasteiger charge is 2.53. The molecule has 3 N–H and O–H groups in total. The highest BCUT2D eigenvalue weighted by Crippen LogP contribution is 2.55. The number of aliphatic hydroxyl groups excluding tert-OH is 1. The molecular weight excluding hydrogens is 436 g/mol. The Kier molecular flexibility index (Phi) is 7.14. The van der Waals surface area contributed by atoms with Crippen molar-refractivity contribution in [3.05, 3.63) is 46.7 Å². The Hall–Kier alpha value is -2.32. The minimum atomic E-state index is -0.586. The Labute approximate surface area is 199 Å². The van der Waals surface area contributed by atoms with Gasteiger partial charge in [-0.3, -0.25) is 14.6 Å². The van der Waals surface area contributed by atoms with Crippen LogP contribution in [-0.2, 0) is 11.3 Å². The second-order valence-corrected chi connectivity index (χ2v) is 11.1. The van der Waals surface area contributed by atoms with Crippen LogP contribution in [0.5, 0.6) is 0 Å². The predicted octanol–water partition coefficient (Wildman–Crippen LogP) is 3.41. The largest absolute Gasteiger partial charge is 0.392 e. The first-order chi connectivity index (χ1) is 15.8. The summed E-state index contributed by atoms with van der Waals surface area (Å²) in [6, 6.07) is 3.94. The van der Waals surface area contributed by atoms with Crippen molar-refractivity contribution in [2.75, 3.05) is 0 Å². The molecule has 0 unspecified atom stereocenters. The van der Waals surface area contributed by atoms with Gasteiger partial charge in [0.1, 0.15) is 5.69 Å². The lowest BCUT2D eigenvalue weighted by molar-refractivity contribution is -0.142. The molecule has 4 rings (SSSR count). The first kappa shape index (κ1) is 23.8. The Morgan fingerprint density at radius 2 is 2.09 bits per heavy atom. The molecule has 0 radical (unpaired) electrons. The Bertz CT molecular complexity index is 954. The lowest BCUT2D eigenvalue weighted by atomic mass is 9.51. The zero-order valence-electron chi connectivity index (χ0n) is 19.5. The molecular formula is C25H34N4O3S. The highest BCUT2D eigenvalue weighted by atomic mass is 32.1. The number of carbonyl (C=O) groups is 2. The van der Waals surface area contributed by atoms with E-state index in [0.29, 0.717) is 12.2 Å². The van der Waals surface area contributed by atoms with Crippen molar-refractivity contribution in [1.29, 1.82) is 0 Å². The highest BCUT2D eigenvalue weighted by molar-refractivity contribution is 7.09. The number of hydrogen-bond acceptors (Lipinski definition) is 6. The molecule has 2 aliphatic rings. The minimum Gasteiger partial charge on any atom is -0.392 e.